The zero-order chi connectivity index (χ0) is 15.4. The lowest BCUT2D eigenvalue weighted by molar-refractivity contribution is -0.116. The van der Waals surface area contributed by atoms with Gasteiger partial charge in [0.15, 0.2) is 0 Å². The van der Waals surface area contributed by atoms with Crippen molar-refractivity contribution in [1.29, 1.82) is 0 Å². The molecular formula is C16H16BrFN2O. The van der Waals surface area contributed by atoms with Gasteiger partial charge < -0.3 is 11.1 Å². The van der Waals surface area contributed by atoms with Crippen LogP contribution in [0.25, 0.3) is 0 Å². The molecule has 0 radical (unpaired) electrons. The zero-order valence-electron chi connectivity index (χ0n) is 11.6. The standard InChI is InChI=1S/C16H16BrFN2O/c1-10-8-14(18)13(17)9-15(10)20-16(21)7-4-11-2-5-12(19)6-3-11/h2-3,5-6,8-9H,4,7,19H2,1H3,(H,20,21). The summed E-state index contributed by atoms with van der Waals surface area (Å²) in [5.74, 6) is -0.444. The minimum atomic E-state index is -0.340. The highest BCUT2D eigenvalue weighted by Crippen LogP contribution is 2.24. The maximum atomic E-state index is 13.3. The number of carbonyl (C=O) groups is 1. The van der Waals surface area contributed by atoms with Crippen LogP contribution >= 0.6 is 15.9 Å². The van der Waals surface area contributed by atoms with Gasteiger partial charge in [-0.1, -0.05) is 12.1 Å². The van der Waals surface area contributed by atoms with E-state index in [1.54, 1.807) is 13.0 Å². The van der Waals surface area contributed by atoms with E-state index >= 15 is 0 Å². The van der Waals surface area contributed by atoms with Gasteiger partial charge >= 0.3 is 0 Å². The maximum Gasteiger partial charge on any atom is 0.224 e. The number of hydrogen-bond acceptors (Lipinski definition) is 2. The first-order valence-electron chi connectivity index (χ1n) is 6.55. The molecule has 1 amide bonds. The smallest absolute Gasteiger partial charge is 0.224 e. The number of amides is 1. The second-order valence-corrected chi connectivity index (χ2v) is 5.73. The monoisotopic (exact) mass is 350 g/mol. The van der Waals surface area contributed by atoms with Gasteiger partial charge in [-0.15, -0.1) is 0 Å². The fourth-order valence-corrected chi connectivity index (χ4v) is 2.28. The summed E-state index contributed by atoms with van der Waals surface area (Å²) in [6.07, 6.45) is 0.992. The molecule has 0 unspecified atom stereocenters. The second kappa shape index (κ2) is 6.72. The summed E-state index contributed by atoms with van der Waals surface area (Å²) in [7, 11) is 0. The zero-order valence-corrected chi connectivity index (χ0v) is 13.2. The topological polar surface area (TPSA) is 55.1 Å². The molecule has 0 atom stereocenters. The highest BCUT2D eigenvalue weighted by molar-refractivity contribution is 9.10. The van der Waals surface area contributed by atoms with E-state index in [-0.39, 0.29) is 11.7 Å². The maximum absolute atomic E-state index is 13.3. The summed E-state index contributed by atoms with van der Waals surface area (Å²) >= 11 is 3.11. The third-order valence-corrected chi connectivity index (χ3v) is 3.77. The number of hydrogen-bond donors (Lipinski definition) is 2. The summed E-state index contributed by atoms with van der Waals surface area (Å²) in [4.78, 5) is 12.0. The van der Waals surface area contributed by atoms with E-state index in [9.17, 15) is 9.18 Å². The first kappa shape index (κ1) is 15.5. The molecule has 2 rings (SSSR count). The normalized spacial score (nSPS) is 10.4. The Morgan fingerprint density at radius 3 is 2.62 bits per heavy atom. The van der Waals surface area contributed by atoms with Crippen molar-refractivity contribution in [2.24, 2.45) is 0 Å². The van der Waals surface area contributed by atoms with Crippen molar-refractivity contribution < 1.29 is 9.18 Å². The fourth-order valence-electron chi connectivity index (χ4n) is 1.94. The molecule has 21 heavy (non-hydrogen) atoms. The van der Waals surface area contributed by atoms with E-state index in [0.717, 1.165) is 5.56 Å². The molecule has 110 valence electrons. The minimum Gasteiger partial charge on any atom is -0.399 e. The summed E-state index contributed by atoms with van der Waals surface area (Å²) in [6.45, 7) is 1.76. The third-order valence-electron chi connectivity index (χ3n) is 3.16. The number of rotatable bonds is 4. The first-order chi connectivity index (χ1) is 9.95. The first-order valence-corrected chi connectivity index (χ1v) is 7.35. The highest BCUT2D eigenvalue weighted by atomic mass is 79.9. The fraction of sp³-hybridized carbons (Fsp3) is 0.188. The molecule has 0 aromatic heterocycles. The van der Waals surface area contributed by atoms with E-state index in [1.807, 2.05) is 24.3 Å². The van der Waals surface area contributed by atoms with Crippen LogP contribution in [-0.4, -0.2) is 5.91 Å². The molecule has 0 fully saturated rings. The summed E-state index contributed by atoms with van der Waals surface area (Å²) < 4.78 is 13.7. The Morgan fingerprint density at radius 2 is 1.95 bits per heavy atom. The summed E-state index contributed by atoms with van der Waals surface area (Å²) in [6, 6.07) is 10.4. The van der Waals surface area contributed by atoms with E-state index in [2.05, 4.69) is 21.2 Å². The van der Waals surface area contributed by atoms with E-state index < -0.39 is 0 Å². The van der Waals surface area contributed by atoms with Gasteiger partial charge in [0.1, 0.15) is 5.82 Å². The minimum absolute atomic E-state index is 0.103. The number of aryl methyl sites for hydroxylation is 2. The van der Waals surface area contributed by atoms with Crippen LogP contribution in [0.1, 0.15) is 17.5 Å². The average Bonchev–Trinajstić information content (AvgIpc) is 2.44. The number of halogens is 2. The largest absolute Gasteiger partial charge is 0.399 e. The molecule has 2 aromatic rings. The van der Waals surface area contributed by atoms with Gasteiger partial charge in [-0.25, -0.2) is 4.39 Å². The average molecular weight is 351 g/mol. The van der Waals surface area contributed by atoms with Gasteiger partial charge in [0.05, 0.1) is 4.47 Å². The molecular weight excluding hydrogens is 335 g/mol. The van der Waals surface area contributed by atoms with Crippen molar-refractivity contribution >= 4 is 33.2 Å². The molecule has 3 nitrogen and oxygen atoms in total. The van der Waals surface area contributed by atoms with Crippen molar-refractivity contribution in [3.8, 4) is 0 Å². The van der Waals surface area contributed by atoms with Gasteiger partial charge in [0.2, 0.25) is 5.91 Å². The molecule has 0 heterocycles. The molecule has 0 aliphatic rings. The quantitative estimate of drug-likeness (QED) is 0.817. The van der Waals surface area contributed by atoms with Crippen LogP contribution < -0.4 is 11.1 Å². The molecule has 0 aliphatic carbocycles. The predicted molar refractivity (Wildman–Crippen MR) is 86.6 cm³/mol. The molecule has 5 heteroatoms. The number of anilines is 2. The Bertz CT molecular complexity index is 656. The Hall–Kier alpha value is -1.88. The number of nitrogens with one attached hydrogen (secondary N) is 1. The van der Waals surface area contributed by atoms with E-state index in [4.69, 9.17) is 5.73 Å². The number of carbonyl (C=O) groups excluding carboxylic acids is 1. The van der Waals surface area contributed by atoms with Gasteiger partial charge in [-0.2, -0.15) is 0 Å². The van der Waals surface area contributed by atoms with E-state index in [1.165, 1.54) is 6.07 Å². The predicted octanol–water partition coefficient (Wildman–Crippen LogP) is 4.05. The number of nitrogen functional groups attached to an aromatic ring is 1. The molecule has 0 bridgehead atoms. The van der Waals surface area contributed by atoms with Crippen LogP contribution in [0.3, 0.4) is 0 Å². The Labute approximate surface area is 131 Å². The lowest BCUT2D eigenvalue weighted by Gasteiger charge is -2.09. The third kappa shape index (κ3) is 4.29. The molecule has 0 aliphatic heterocycles. The van der Waals surface area contributed by atoms with Gasteiger partial charge in [0, 0.05) is 17.8 Å². The van der Waals surface area contributed by atoms with Crippen LogP contribution in [0.2, 0.25) is 0 Å². The van der Waals surface area contributed by atoms with Crippen LogP contribution in [0.15, 0.2) is 40.9 Å². The van der Waals surface area contributed by atoms with Gasteiger partial charge in [-0.05, 0) is 64.7 Å². The van der Waals surface area contributed by atoms with Crippen molar-refractivity contribution in [3.05, 3.63) is 57.8 Å². The van der Waals surface area contributed by atoms with Crippen LogP contribution in [0.4, 0.5) is 15.8 Å². The van der Waals surface area contributed by atoms with Crippen LogP contribution in [0.5, 0.6) is 0 Å². The van der Waals surface area contributed by atoms with E-state index in [0.29, 0.717) is 34.3 Å². The van der Waals surface area contributed by atoms with Gasteiger partial charge in [-0.3, -0.25) is 4.79 Å². The molecule has 0 spiro atoms. The van der Waals surface area contributed by atoms with Crippen molar-refractivity contribution in [2.75, 3.05) is 11.1 Å². The van der Waals surface area contributed by atoms with Crippen LogP contribution in [0, 0.1) is 12.7 Å². The highest BCUT2D eigenvalue weighted by Gasteiger charge is 2.09. The van der Waals surface area contributed by atoms with Gasteiger partial charge in [0.25, 0.3) is 0 Å². The van der Waals surface area contributed by atoms with Crippen LogP contribution in [-0.2, 0) is 11.2 Å². The molecule has 0 saturated heterocycles. The summed E-state index contributed by atoms with van der Waals surface area (Å²) in [5.41, 5.74) is 8.68. The molecule has 2 aromatic carbocycles. The lowest BCUT2D eigenvalue weighted by Crippen LogP contribution is -2.13. The number of benzene rings is 2. The second-order valence-electron chi connectivity index (χ2n) is 4.87. The SMILES string of the molecule is Cc1cc(F)c(Br)cc1NC(=O)CCc1ccc(N)cc1. The Morgan fingerprint density at radius 1 is 1.29 bits per heavy atom. The van der Waals surface area contributed by atoms with Crippen molar-refractivity contribution in [2.45, 2.75) is 19.8 Å². The molecule has 0 saturated carbocycles. The lowest BCUT2D eigenvalue weighted by atomic mass is 10.1. The van der Waals surface area contributed by atoms with Crippen molar-refractivity contribution in [3.63, 3.8) is 0 Å². The number of nitrogens with two attached hydrogens (primary N) is 1. The summed E-state index contributed by atoms with van der Waals surface area (Å²) in [5, 5.41) is 2.80. The van der Waals surface area contributed by atoms with Crippen molar-refractivity contribution in [1.82, 2.24) is 0 Å². The molecule has 3 N–H and O–H groups in total. The Balaban J connectivity index is 1.96. The Kier molecular flexibility index (Phi) is 4.96.